The van der Waals surface area contributed by atoms with E-state index in [4.69, 9.17) is 10.5 Å². The van der Waals surface area contributed by atoms with E-state index in [2.05, 4.69) is 9.97 Å². The summed E-state index contributed by atoms with van der Waals surface area (Å²) in [5.74, 6) is 0.664. The molecule has 0 radical (unpaired) electrons. The van der Waals surface area contributed by atoms with Crippen LogP contribution in [-0.4, -0.2) is 21.6 Å². The summed E-state index contributed by atoms with van der Waals surface area (Å²) in [6.07, 6.45) is 7.11. The van der Waals surface area contributed by atoms with Crippen molar-refractivity contribution in [2.75, 3.05) is 12.8 Å². The minimum atomic E-state index is 0.593. The van der Waals surface area contributed by atoms with E-state index in [1.54, 1.807) is 32.0 Å². The Morgan fingerprint density at radius 2 is 2.05 bits per heavy atom. The van der Waals surface area contributed by atoms with Crippen molar-refractivity contribution in [1.29, 1.82) is 0 Å². The number of nitrogens with two attached hydrogens (primary N) is 1. The summed E-state index contributed by atoms with van der Waals surface area (Å²) in [6.45, 7) is 0. The van der Waals surface area contributed by atoms with Crippen LogP contribution in [0, 0.1) is 0 Å². The standard InChI is InChI=1S/C15H14N4O/c1-20-15-5-4-12(7-13(15)16)19-10-18-9-14(19)11-3-2-6-17-8-11/h2-10H,16H2,1H3. The number of methoxy groups -OCH3 is 1. The average Bonchev–Trinajstić information content (AvgIpc) is 2.97. The van der Waals surface area contributed by atoms with Gasteiger partial charge in [-0.1, -0.05) is 0 Å². The number of benzene rings is 1. The van der Waals surface area contributed by atoms with E-state index in [1.807, 2.05) is 34.9 Å². The lowest BCUT2D eigenvalue weighted by Gasteiger charge is -2.10. The third-order valence-corrected chi connectivity index (χ3v) is 3.09. The van der Waals surface area contributed by atoms with Gasteiger partial charge >= 0.3 is 0 Å². The van der Waals surface area contributed by atoms with Gasteiger partial charge in [-0.15, -0.1) is 0 Å². The zero-order valence-corrected chi connectivity index (χ0v) is 11.0. The number of nitrogens with zero attached hydrogens (tertiary/aromatic N) is 3. The second kappa shape index (κ2) is 5.05. The molecule has 2 N–H and O–H groups in total. The Balaban J connectivity index is 2.08. The number of aromatic nitrogens is 3. The molecule has 5 heteroatoms. The van der Waals surface area contributed by atoms with Crippen LogP contribution < -0.4 is 10.5 Å². The van der Waals surface area contributed by atoms with Crippen LogP contribution >= 0.6 is 0 Å². The summed E-state index contributed by atoms with van der Waals surface area (Å²) in [7, 11) is 1.60. The molecule has 0 aliphatic heterocycles. The van der Waals surface area contributed by atoms with Gasteiger partial charge in [0, 0.05) is 23.6 Å². The molecule has 100 valence electrons. The topological polar surface area (TPSA) is 66.0 Å². The summed E-state index contributed by atoms with van der Waals surface area (Å²) in [4.78, 5) is 8.34. The molecule has 0 saturated heterocycles. The molecule has 0 amide bonds. The average molecular weight is 266 g/mol. The molecule has 0 aliphatic carbocycles. The summed E-state index contributed by atoms with van der Waals surface area (Å²) in [5.41, 5.74) is 9.44. The maximum atomic E-state index is 5.96. The number of hydrogen-bond acceptors (Lipinski definition) is 4. The Morgan fingerprint density at radius 1 is 1.15 bits per heavy atom. The number of imidazole rings is 1. The molecule has 1 aromatic carbocycles. The number of hydrogen-bond donors (Lipinski definition) is 1. The molecule has 0 aliphatic rings. The molecular formula is C15H14N4O. The molecule has 20 heavy (non-hydrogen) atoms. The minimum Gasteiger partial charge on any atom is -0.495 e. The van der Waals surface area contributed by atoms with Crippen LogP contribution in [0.15, 0.2) is 55.2 Å². The van der Waals surface area contributed by atoms with Crippen molar-refractivity contribution in [3.05, 3.63) is 55.2 Å². The van der Waals surface area contributed by atoms with Gasteiger partial charge < -0.3 is 10.5 Å². The lowest BCUT2D eigenvalue weighted by molar-refractivity contribution is 0.417. The van der Waals surface area contributed by atoms with Gasteiger partial charge in [-0.3, -0.25) is 9.55 Å². The molecular weight excluding hydrogens is 252 g/mol. The fraction of sp³-hybridized carbons (Fsp3) is 0.0667. The monoisotopic (exact) mass is 266 g/mol. The van der Waals surface area contributed by atoms with Gasteiger partial charge in [-0.05, 0) is 30.3 Å². The molecule has 2 heterocycles. The Morgan fingerprint density at radius 3 is 2.75 bits per heavy atom. The van der Waals surface area contributed by atoms with Crippen LogP contribution in [0.5, 0.6) is 5.75 Å². The third-order valence-electron chi connectivity index (χ3n) is 3.09. The molecule has 0 fully saturated rings. The highest BCUT2D eigenvalue weighted by molar-refractivity contribution is 5.64. The predicted octanol–water partition coefficient (Wildman–Crippen LogP) is 2.53. The maximum absolute atomic E-state index is 5.96. The predicted molar refractivity (Wildman–Crippen MR) is 77.8 cm³/mol. The van der Waals surface area contributed by atoms with Crippen molar-refractivity contribution in [3.8, 4) is 22.7 Å². The largest absolute Gasteiger partial charge is 0.495 e. The second-order valence-electron chi connectivity index (χ2n) is 4.32. The second-order valence-corrected chi connectivity index (χ2v) is 4.32. The van der Waals surface area contributed by atoms with Crippen LogP contribution in [0.25, 0.3) is 16.9 Å². The van der Waals surface area contributed by atoms with Gasteiger partial charge in [0.2, 0.25) is 0 Å². The Labute approximate surface area is 116 Å². The molecule has 0 spiro atoms. The highest BCUT2D eigenvalue weighted by Crippen LogP contribution is 2.27. The van der Waals surface area contributed by atoms with Crippen molar-refractivity contribution in [1.82, 2.24) is 14.5 Å². The number of pyridine rings is 1. The van der Waals surface area contributed by atoms with Crippen molar-refractivity contribution in [2.45, 2.75) is 0 Å². The van der Waals surface area contributed by atoms with E-state index >= 15 is 0 Å². The quantitative estimate of drug-likeness (QED) is 0.740. The van der Waals surface area contributed by atoms with E-state index in [0.717, 1.165) is 16.9 Å². The number of anilines is 1. The summed E-state index contributed by atoms with van der Waals surface area (Å²) in [6, 6.07) is 9.54. The maximum Gasteiger partial charge on any atom is 0.141 e. The van der Waals surface area contributed by atoms with Gasteiger partial charge in [0.15, 0.2) is 0 Å². The lowest BCUT2D eigenvalue weighted by Crippen LogP contribution is -1.98. The minimum absolute atomic E-state index is 0.593. The first-order valence-corrected chi connectivity index (χ1v) is 6.16. The first kappa shape index (κ1) is 12.2. The summed E-state index contributed by atoms with van der Waals surface area (Å²) >= 11 is 0. The fourth-order valence-electron chi connectivity index (χ4n) is 2.10. The van der Waals surface area contributed by atoms with Crippen LogP contribution in [0.3, 0.4) is 0 Å². The number of rotatable bonds is 3. The third kappa shape index (κ3) is 2.09. The van der Waals surface area contributed by atoms with Gasteiger partial charge in [0.1, 0.15) is 5.75 Å². The van der Waals surface area contributed by atoms with Crippen LogP contribution in [0.4, 0.5) is 5.69 Å². The lowest BCUT2D eigenvalue weighted by atomic mass is 10.2. The SMILES string of the molecule is COc1ccc(-n2cncc2-c2cccnc2)cc1N. The van der Waals surface area contributed by atoms with E-state index in [1.165, 1.54) is 0 Å². The molecule has 0 atom stereocenters. The summed E-state index contributed by atoms with van der Waals surface area (Å²) in [5, 5.41) is 0. The first-order valence-electron chi connectivity index (χ1n) is 6.16. The van der Waals surface area contributed by atoms with Crippen LogP contribution in [0.1, 0.15) is 0 Å². The van der Waals surface area contributed by atoms with E-state index in [0.29, 0.717) is 11.4 Å². The highest BCUT2D eigenvalue weighted by atomic mass is 16.5. The molecule has 0 unspecified atom stereocenters. The molecule has 5 nitrogen and oxygen atoms in total. The number of ether oxygens (including phenoxy) is 1. The van der Waals surface area contributed by atoms with E-state index in [-0.39, 0.29) is 0 Å². The molecule has 0 bridgehead atoms. The molecule has 3 aromatic rings. The van der Waals surface area contributed by atoms with Gasteiger partial charge in [-0.2, -0.15) is 0 Å². The Bertz CT molecular complexity index is 722. The smallest absolute Gasteiger partial charge is 0.141 e. The summed E-state index contributed by atoms with van der Waals surface area (Å²) < 4.78 is 7.14. The number of nitrogen functional groups attached to an aromatic ring is 1. The van der Waals surface area contributed by atoms with E-state index < -0.39 is 0 Å². The highest BCUT2D eigenvalue weighted by Gasteiger charge is 2.08. The van der Waals surface area contributed by atoms with Gasteiger partial charge in [0.25, 0.3) is 0 Å². The van der Waals surface area contributed by atoms with Crippen LogP contribution in [0.2, 0.25) is 0 Å². The Hall–Kier alpha value is -2.82. The fourth-order valence-corrected chi connectivity index (χ4v) is 2.10. The van der Waals surface area contributed by atoms with Gasteiger partial charge in [-0.25, -0.2) is 4.98 Å². The molecule has 0 saturated carbocycles. The van der Waals surface area contributed by atoms with E-state index in [9.17, 15) is 0 Å². The first-order chi connectivity index (χ1) is 9.79. The normalized spacial score (nSPS) is 10.4. The van der Waals surface area contributed by atoms with Crippen molar-refractivity contribution >= 4 is 5.69 Å². The molecule has 2 aromatic heterocycles. The van der Waals surface area contributed by atoms with Crippen molar-refractivity contribution in [3.63, 3.8) is 0 Å². The van der Waals surface area contributed by atoms with Gasteiger partial charge in [0.05, 0.1) is 31.0 Å². The Kier molecular flexibility index (Phi) is 3.09. The van der Waals surface area contributed by atoms with Crippen molar-refractivity contribution < 1.29 is 4.74 Å². The molecule has 3 rings (SSSR count). The van der Waals surface area contributed by atoms with Crippen molar-refractivity contribution in [2.24, 2.45) is 0 Å². The van der Waals surface area contributed by atoms with Crippen LogP contribution in [-0.2, 0) is 0 Å². The zero-order valence-electron chi connectivity index (χ0n) is 11.0. The zero-order chi connectivity index (χ0) is 13.9.